The van der Waals surface area contributed by atoms with Crippen LogP contribution in [-0.2, 0) is 9.53 Å². The van der Waals surface area contributed by atoms with Crippen molar-refractivity contribution in [1.82, 2.24) is 0 Å². The Morgan fingerprint density at radius 2 is 2.24 bits per heavy atom. The molecular formula is C15H22O2. The van der Waals surface area contributed by atoms with Crippen molar-refractivity contribution in [3.63, 3.8) is 0 Å². The second kappa shape index (κ2) is 4.32. The van der Waals surface area contributed by atoms with Crippen LogP contribution in [0.15, 0.2) is 23.3 Å². The van der Waals surface area contributed by atoms with Gasteiger partial charge in [0, 0.05) is 12.0 Å². The number of ether oxygens (including phenoxy) is 1. The van der Waals surface area contributed by atoms with Gasteiger partial charge in [-0.3, -0.25) is 0 Å². The largest absolute Gasteiger partial charge is 0.457 e. The van der Waals surface area contributed by atoms with Crippen molar-refractivity contribution in [3.05, 3.63) is 23.3 Å². The van der Waals surface area contributed by atoms with Crippen molar-refractivity contribution in [2.75, 3.05) is 0 Å². The Kier molecular flexibility index (Phi) is 3.15. The SMILES string of the molecule is CCC1C=C2CC(=CC(=O)OC(C)(C)C)[C@H]2C1. The molecule has 17 heavy (non-hydrogen) atoms. The third-order valence-electron chi connectivity index (χ3n) is 3.53. The summed E-state index contributed by atoms with van der Waals surface area (Å²) in [4.78, 5) is 11.7. The van der Waals surface area contributed by atoms with Crippen LogP contribution in [0.4, 0.5) is 0 Å². The lowest BCUT2D eigenvalue weighted by molar-refractivity contribution is -0.148. The number of carbonyl (C=O) groups is 1. The van der Waals surface area contributed by atoms with Crippen molar-refractivity contribution < 1.29 is 9.53 Å². The molecule has 0 N–H and O–H groups in total. The van der Waals surface area contributed by atoms with E-state index in [9.17, 15) is 4.79 Å². The number of allylic oxidation sites excluding steroid dienone is 3. The number of hydrogen-bond donors (Lipinski definition) is 0. The summed E-state index contributed by atoms with van der Waals surface area (Å²) >= 11 is 0. The number of hydrogen-bond acceptors (Lipinski definition) is 2. The highest BCUT2D eigenvalue weighted by atomic mass is 16.6. The van der Waals surface area contributed by atoms with E-state index in [-0.39, 0.29) is 5.97 Å². The summed E-state index contributed by atoms with van der Waals surface area (Å²) in [5.41, 5.74) is 2.41. The van der Waals surface area contributed by atoms with E-state index in [1.165, 1.54) is 24.0 Å². The summed E-state index contributed by atoms with van der Waals surface area (Å²) < 4.78 is 5.31. The third kappa shape index (κ3) is 2.80. The van der Waals surface area contributed by atoms with Crippen molar-refractivity contribution >= 4 is 5.97 Å². The Morgan fingerprint density at radius 3 is 2.82 bits per heavy atom. The van der Waals surface area contributed by atoms with Gasteiger partial charge in [-0.1, -0.05) is 24.1 Å². The Balaban J connectivity index is 1.94. The summed E-state index contributed by atoms with van der Waals surface area (Å²) in [7, 11) is 0. The molecule has 1 saturated carbocycles. The molecule has 0 aliphatic heterocycles. The molecule has 2 aliphatic carbocycles. The second-order valence-electron chi connectivity index (χ2n) is 6.13. The predicted octanol–water partition coefficient (Wildman–Crippen LogP) is 3.63. The van der Waals surface area contributed by atoms with Crippen molar-refractivity contribution in [1.29, 1.82) is 0 Å². The van der Waals surface area contributed by atoms with Gasteiger partial charge >= 0.3 is 5.97 Å². The van der Waals surface area contributed by atoms with Crippen LogP contribution in [0.25, 0.3) is 0 Å². The summed E-state index contributed by atoms with van der Waals surface area (Å²) in [6.45, 7) is 7.93. The molecule has 0 spiro atoms. The van der Waals surface area contributed by atoms with Gasteiger partial charge in [0.25, 0.3) is 0 Å². The van der Waals surface area contributed by atoms with Crippen LogP contribution in [0.2, 0.25) is 0 Å². The van der Waals surface area contributed by atoms with Gasteiger partial charge in [-0.2, -0.15) is 0 Å². The molecule has 0 amide bonds. The number of carbonyl (C=O) groups excluding carboxylic acids is 1. The van der Waals surface area contributed by atoms with E-state index in [1.54, 1.807) is 6.08 Å². The molecule has 0 aromatic rings. The maximum Gasteiger partial charge on any atom is 0.331 e. The first-order chi connectivity index (χ1) is 7.89. The third-order valence-corrected chi connectivity index (χ3v) is 3.53. The highest BCUT2D eigenvalue weighted by molar-refractivity contribution is 5.84. The maximum atomic E-state index is 11.7. The summed E-state index contributed by atoms with van der Waals surface area (Å²) in [6, 6.07) is 0. The molecule has 2 heteroatoms. The minimum Gasteiger partial charge on any atom is -0.457 e. The molecule has 94 valence electrons. The molecular weight excluding hydrogens is 212 g/mol. The van der Waals surface area contributed by atoms with Gasteiger partial charge in [0.05, 0.1) is 0 Å². The van der Waals surface area contributed by atoms with E-state index in [2.05, 4.69) is 13.0 Å². The maximum absolute atomic E-state index is 11.7. The van der Waals surface area contributed by atoms with Crippen LogP contribution in [0.3, 0.4) is 0 Å². The molecule has 2 rings (SSSR count). The molecule has 0 heterocycles. The van der Waals surface area contributed by atoms with E-state index < -0.39 is 5.60 Å². The smallest absolute Gasteiger partial charge is 0.331 e. The topological polar surface area (TPSA) is 26.3 Å². The lowest BCUT2D eigenvalue weighted by Gasteiger charge is -2.30. The molecule has 1 fully saturated rings. The van der Waals surface area contributed by atoms with Gasteiger partial charge in [-0.25, -0.2) is 4.79 Å². The number of fused-ring (bicyclic) bond motifs is 1. The quantitative estimate of drug-likeness (QED) is 0.414. The first kappa shape index (κ1) is 12.4. The minimum atomic E-state index is -0.391. The van der Waals surface area contributed by atoms with Gasteiger partial charge < -0.3 is 4.74 Å². The van der Waals surface area contributed by atoms with Gasteiger partial charge in [0.2, 0.25) is 0 Å². The Morgan fingerprint density at radius 1 is 1.53 bits per heavy atom. The fourth-order valence-electron chi connectivity index (χ4n) is 2.66. The Hall–Kier alpha value is -1.05. The average molecular weight is 234 g/mol. The number of esters is 1. The zero-order valence-corrected chi connectivity index (χ0v) is 11.2. The van der Waals surface area contributed by atoms with Crippen LogP contribution in [0.5, 0.6) is 0 Å². The first-order valence-electron chi connectivity index (χ1n) is 6.53. The zero-order valence-electron chi connectivity index (χ0n) is 11.2. The van der Waals surface area contributed by atoms with Gasteiger partial charge in [0.1, 0.15) is 5.60 Å². The van der Waals surface area contributed by atoms with E-state index in [4.69, 9.17) is 4.74 Å². The summed E-state index contributed by atoms with van der Waals surface area (Å²) in [5, 5.41) is 0. The molecule has 2 atom stereocenters. The first-order valence-corrected chi connectivity index (χ1v) is 6.53. The van der Waals surface area contributed by atoms with Crippen molar-refractivity contribution in [2.24, 2.45) is 11.8 Å². The molecule has 2 nitrogen and oxygen atoms in total. The highest BCUT2D eigenvalue weighted by Gasteiger charge is 2.36. The fraction of sp³-hybridized carbons (Fsp3) is 0.667. The lowest BCUT2D eigenvalue weighted by atomic mass is 9.75. The molecule has 2 aliphatic rings. The summed E-state index contributed by atoms with van der Waals surface area (Å²) in [6.07, 6.45) is 7.50. The molecule has 1 unspecified atom stereocenters. The van der Waals surface area contributed by atoms with E-state index in [0.717, 1.165) is 12.3 Å². The van der Waals surface area contributed by atoms with Gasteiger partial charge in [0.15, 0.2) is 0 Å². The second-order valence-corrected chi connectivity index (χ2v) is 6.13. The van der Waals surface area contributed by atoms with E-state index in [0.29, 0.717) is 5.92 Å². The van der Waals surface area contributed by atoms with Crippen molar-refractivity contribution in [2.45, 2.75) is 52.6 Å². The average Bonchev–Trinajstić information content (AvgIpc) is 2.49. The normalized spacial score (nSPS) is 29.6. The molecule has 0 bridgehead atoms. The lowest BCUT2D eigenvalue weighted by Crippen LogP contribution is -2.24. The standard InChI is InChI=1S/C15H22O2/c1-5-10-6-11-8-12(13(11)7-10)9-14(16)17-15(2,3)4/h6,9-10,13H,5,7-8H2,1-4H3/t10?,13-/m0/s1. The number of rotatable bonds is 2. The highest BCUT2D eigenvalue weighted by Crippen LogP contribution is 2.49. The fourth-order valence-corrected chi connectivity index (χ4v) is 2.66. The van der Waals surface area contributed by atoms with E-state index >= 15 is 0 Å². The molecule has 0 aromatic carbocycles. The van der Waals surface area contributed by atoms with Crippen LogP contribution in [-0.4, -0.2) is 11.6 Å². The van der Waals surface area contributed by atoms with Crippen LogP contribution in [0, 0.1) is 11.8 Å². The van der Waals surface area contributed by atoms with Crippen molar-refractivity contribution in [3.8, 4) is 0 Å². The Bertz CT molecular complexity index is 382. The van der Waals surface area contributed by atoms with Gasteiger partial charge in [-0.15, -0.1) is 0 Å². The zero-order chi connectivity index (χ0) is 12.6. The Labute approximate surface area is 104 Å². The van der Waals surface area contributed by atoms with Crippen LogP contribution < -0.4 is 0 Å². The summed E-state index contributed by atoms with van der Waals surface area (Å²) in [5.74, 6) is 1.08. The molecule has 0 saturated heterocycles. The molecule has 0 radical (unpaired) electrons. The van der Waals surface area contributed by atoms with Gasteiger partial charge in [-0.05, 0) is 46.0 Å². The van der Waals surface area contributed by atoms with Crippen LogP contribution in [0.1, 0.15) is 47.0 Å². The monoisotopic (exact) mass is 234 g/mol. The minimum absolute atomic E-state index is 0.188. The van der Waals surface area contributed by atoms with E-state index in [1.807, 2.05) is 20.8 Å². The predicted molar refractivity (Wildman–Crippen MR) is 68.5 cm³/mol. The molecule has 0 aromatic heterocycles. The van der Waals surface area contributed by atoms with Crippen LogP contribution >= 0.6 is 0 Å².